The summed E-state index contributed by atoms with van der Waals surface area (Å²) in [5, 5.41) is 1.04. The molecule has 4 nitrogen and oxygen atoms in total. The van der Waals surface area contributed by atoms with Gasteiger partial charge in [-0.15, -0.1) is 0 Å². The van der Waals surface area contributed by atoms with Gasteiger partial charge in [0, 0.05) is 16.6 Å². The van der Waals surface area contributed by atoms with Gasteiger partial charge in [-0.05, 0) is 70.1 Å². The van der Waals surface area contributed by atoms with E-state index in [0.717, 1.165) is 40.9 Å². The molecular weight excluding hydrogens is 336 g/mol. The van der Waals surface area contributed by atoms with Crippen LogP contribution in [0.15, 0.2) is 48.5 Å². The number of methoxy groups -OCH3 is 1. The first-order chi connectivity index (χ1) is 13.1. The van der Waals surface area contributed by atoms with Crippen LogP contribution in [-0.4, -0.2) is 36.0 Å². The van der Waals surface area contributed by atoms with Crippen LogP contribution in [0.4, 0.5) is 0 Å². The maximum absolute atomic E-state index is 13.4. The zero-order chi connectivity index (χ0) is 19.0. The van der Waals surface area contributed by atoms with Crippen molar-refractivity contribution in [2.45, 2.75) is 32.4 Å². The molecule has 0 aliphatic carbocycles. The van der Waals surface area contributed by atoms with Gasteiger partial charge in [0.1, 0.15) is 5.75 Å². The number of rotatable bonds is 4. The van der Waals surface area contributed by atoms with Crippen molar-refractivity contribution in [3.8, 4) is 5.75 Å². The second-order valence-electron chi connectivity index (χ2n) is 7.36. The first-order valence-corrected chi connectivity index (χ1v) is 9.60. The molecule has 4 rings (SSSR count). The van der Waals surface area contributed by atoms with Crippen molar-refractivity contribution in [3.63, 3.8) is 0 Å². The van der Waals surface area contributed by atoms with Gasteiger partial charge in [-0.25, -0.2) is 0 Å². The number of ketones is 1. The molecule has 1 aromatic heterocycles. The Morgan fingerprint density at radius 1 is 1.07 bits per heavy atom. The summed E-state index contributed by atoms with van der Waals surface area (Å²) >= 11 is 0. The summed E-state index contributed by atoms with van der Waals surface area (Å²) in [7, 11) is 3.82. The van der Waals surface area contributed by atoms with Crippen LogP contribution in [0.25, 0.3) is 10.9 Å². The summed E-state index contributed by atoms with van der Waals surface area (Å²) in [6.07, 6.45) is 3.89. The topological polar surface area (TPSA) is 34.5 Å². The number of carbonyl (C=O) groups is 1. The lowest BCUT2D eigenvalue weighted by Gasteiger charge is -2.35. The van der Waals surface area contributed by atoms with E-state index in [1.165, 1.54) is 12.8 Å². The lowest BCUT2D eigenvalue weighted by atomic mass is 10.0. The molecule has 0 saturated carbocycles. The van der Waals surface area contributed by atoms with Crippen LogP contribution < -0.4 is 4.74 Å². The van der Waals surface area contributed by atoms with E-state index >= 15 is 0 Å². The van der Waals surface area contributed by atoms with E-state index in [9.17, 15) is 4.79 Å². The number of fused-ring (bicyclic) bond motifs is 1. The first kappa shape index (κ1) is 17.8. The third-order valence-electron chi connectivity index (χ3n) is 5.77. The van der Waals surface area contributed by atoms with Gasteiger partial charge in [-0.3, -0.25) is 9.69 Å². The third kappa shape index (κ3) is 3.04. The molecule has 1 fully saturated rings. The van der Waals surface area contributed by atoms with Crippen molar-refractivity contribution in [1.82, 2.24) is 9.47 Å². The maximum Gasteiger partial charge on any atom is 0.195 e. The zero-order valence-electron chi connectivity index (χ0n) is 16.2. The van der Waals surface area contributed by atoms with E-state index in [2.05, 4.69) is 41.6 Å². The number of aromatic nitrogens is 1. The number of likely N-dealkylation sites (tertiary alicyclic amines) is 1. The Morgan fingerprint density at radius 3 is 2.52 bits per heavy atom. The minimum atomic E-state index is 0.0727. The van der Waals surface area contributed by atoms with Crippen LogP contribution in [0.2, 0.25) is 0 Å². The number of hydrogen-bond donors (Lipinski definition) is 0. The Labute approximate surface area is 160 Å². The van der Waals surface area contributed by atoms with Gasteiger partial charge >= 0.3 is 0 Å². The van der Waals surface area contributed by atoms with E-state index in [0.29, 0.717) is 11.7 Å². The van der Waals surface area contributed by atoms with Crippen LogP contribution in [0.1, 0.15) is 47.0 Å². The predicted molar refractivity (Wildman–Crippen MR) is 109 cm³/mol. The summed E-state index contributed by atoms with van der Waals surface area (Å²) in [6, 6.07) is 15.7. The lowest BCUT2D eigenvalue weighted by molar-refractivity contribution is 0.103. The smallest absolute Gasteiger partial charge is 0.195 e. The Kier molecular flexibility index (Phi) is 4.75. The summed E-state index contributed by atoms with van der Waals surface area (Å²) in [5.41, 5.74) is 3.70. The largest absolute Gasteiger partial charge is 0.497 e. The number of carbonyl (C=O) groups excluding carboxylic acids is 1. The Bertz CT molecular complexity index is 972. The molecule has 1 aliphatic heterocycles. The van der Waals surface area contributed by atoms with Gasteiger partial charge in [0.2, 0.25) is 0 Å². The van der Waals surface area contributed by atoms with Crippen LogP contribution >= 0.6 is 0 Å². The van der Waals surface area contributed by atoms with E-state index < -0.39 is 0 Å². The molecule has 1 saturated heterocycles. The van der Waals surface area contributed by atoms with Gasteiger partial charge in [0.05, 0.1) is 24.4 Å². The maximum atomic E-state index is 13.4. The molecule has 3 aromatic rings. The molecule has 0 N–H and O–H groups in total. The fourth-order valence-corrected chi connectivity index (χ4v) is 4.33. The van der Waals surface area contributed by atoms with E-state index in [1.807, 2.05) is 30.3 Å². The molecule has 27 heavy (non-hydrogen) atoms. The highest BCUT2D eigenvalue weighted by atomic mass is 16.5. The highest BCUT2D eigenvalue weighted by molar-refractivity contribution is 6.17. The molecule has 2 heterocycles. The molecule has 140 valence electrons. The summed E-state index contributed by atoms with van der Waals surface area (Å²) < 4.78 is 7.59. The molecular formula is C23H26N2O2. The SMILES string of the molecule is COc1ccc(C(=O)c2c(C)n(C3CCCCN3C)c3ccccc23)cc1. The number of nitrogens with zero attached hydrogens (tertiary/aromatic N) is 2. The fourth-order valence-electron chi connectivity index (χ4n) is 4.33. The van der Waals surface area contributed by atoms with E-state index in [1.54, 1.807) is 7.11 Å². The van der Waals surface area contributed by atoms with Crippen LogP contribution in [-0.2, 0) is 0 Å². The van der Waals surface area contributed by atoms with E-state index in [-0.39, 0.29) is 5.78 Å². The Morgan fingerprint density at radius 2 is 1.81 bits per heavy atom. The van der Waals surface area contributed by atoms with Gasteiger partial charge in [-0.2, -0.15) is 0 Å². The molecule has 0 bridgehead atoms. The number of ether oxygens (including phenoxy) is 1. The average molecular weight is 362 g/mol. The Hall–Kier alpha value is -2.59. The van der Waals surface area contributed by atoms with Crippen LogP contribution in [0.5, 0.6) is 5.75 Å². The monoisotopic (exact) mass is 362 g/mol. The highest BCUT2D eigenvalue weighted by Crippen LogP contribution is 2.35. The molecule has 0 spiro atoms. The third-order valence-corrected chi connectivity index (χ3v) is 5.77. The highest BCUT2D eigenvalue weighted by Gasteiger charge is 2.27. The molecule has 0 radical (unpaired) electrons. The van der Waals surface area contributed by atoms with Crippen LogP contribution in [0.3, 0.4) is 0 Å². The normalized spacial score (nSPS) is 18.0. The zero-order valence-corrected chi connectivity index (χ0v) is 16.2. The van der Waals surface area contributed by atoms with Gasteiger partial charge in [-0.1, -0.05) is 18.2 Å². The number of benzene rings is 2. The molecule has 1 unspecified atom stereocenters. The van der Waals surface area contributed by atoms with Crippen molar-refractivity contribution in [1.29, 1.82) is 0 Å². The van der Waals surface area contributed by atoms with Gasteiger partial charge < -0.3 is 9.30 Å². The second-order valence-corrected chi connectivity index (χ2v) is 7.36. The summed E-state index contributed by atoms with van der Waals surface area (Å²) in [6.45, 7) is 3.18. The number of piperidine rings is 1. The molecule has 1 atom stereocenters. The van der Waals surface area contributed by atoms with Crippen molar-refractivity contribution >= 4 is 16.7 Å². The fraction of sp³-hybridized carbons (Fsp3) is 0.348. The lowest BCUT2D eigenvalue weighted by Crippen LogP contribution is -2.34. The van der Waals surface area contributed by atoms with E-state index in [4.69, 9.17) is 4.74 Å². The summed E-state index contributed by atoms with van der Waals surface area (Å²) in [4.78, 5) is 15.8. The summed E-state index contributed by atoms with van der Waals surface area (Å²) in [5.74, 6) is 0.832. The van der Waals surface area contributed by atoms with Crippen molar-refractivity contribution in [2.24, 2.45) is 0 Å². The minimum Gasteiger partial charge on any atom is -0.497 e. The van der Waals surface area contributed by atoms with Crippen LogP contribution in [0, 0.1) is 6.92 Å². The molecule has 4 heteroatoms. The van der Waals surface area contributed by atoms with Gasteiger partial charge in [0.25, 0.3) is 0 Å². The minimum absolute atomic E-state index is 0.0727. The average Bonchev–Trinajstić information content (AvgIpc) is 3.00. The van der Waals surface area contributed by atoms with Crippen molar-refractivity contribution < 1.29 is 9.53 Å². The number of para-hydroxylation sites is 1. The molecule has 0 amide bonds. The number of hydrogen-bond acceptors (Lipinski definition) is 3. The van der Waals surface area contributed by atoms with Crippen molar-refractivity contribution in [3.05, 3.63) is 65.4 Å². The van der Waals surface area contributed by atoms with Gasteiger partial charge in [0.15, 0.2) is 5.78 Å². The molecule has 2 aromatic carbocycles. The quantitative estimate of drug-likeness (QED) is 0.625. The predicted octanol–water partition coefficient (Wildman–Crippen LogP) is 4.80. The van der Waals surface area contributed by atoms with Crippen molar-refractivity contribution in [2.75, 3.05) is 20.7 Å². The second kappa shape index (κ2) is 7.20. The molecule has 1 aliphatic rings. The standard InChI is InChI=1S/C23H26N2O2/c1-16-22(23(26)17-11-13-18(27-3)14-12-17)19-8-4-5-9-20(19)25(16)21-10-6-7-15-24(21)2/h4-5,8-9,11-14,21H,6-7,10,15H2,1-3H3. The Balaban J connectivity index is 1.85. The first-order valence-electron chi connectivity index (χ1n) is 9.60.